The molecule has 9 rings (SSSR count). The van der Waals surface area contributed by atoms with E-state index in [0.717, 1.165) is 34.0 Å². The van der Waals surface area contributed by atoms with Crippen LogP contribution < -0.4 is 0 Å². The van der Waals surface area contributed by atoms with Crippen molar-refractivity contribution in [2.24, 2.45) is 0 Å². The molecular formula is C102H169BN5O2. The minimum absolute atomic E-state index is 0. The number of benzene rings is 2. The average molecular weight is 1510 g/mol. The van der Waals surface area contributed by atoms with Crippen LogP contribution in [0.25, 0.3) is 38.5 Å². The summed E-state index contributed by atoms with van der Waals surface area (Å²) in [4.78, 5) is 5.05. The Labute approximate surface area is 679 Å². The maximum Gasteiger partial charge on any atom is 0.226 e. The first-order valence-corrected chi connectivity index (χ1v) is 42.5. The topological polar surface area (TPSA) is 74.3 Å². The third kappa shape index (κ3) is 23.8. The van der Waals surface area contributed by atoms with Crippen molar-refractivity contribution >= 4 is 46.9 Å². The molecule has 0 amide bonds. The highest BCUT2D eigenvalue weighted by Gasteiger charge is 2.40. The Bertz CT molecular complexity index is 3780. The first-order valence-electron chi connectivity index (χ1n) is 42.5. The van der Waals surface area contributed by atoms with Gasteiger partial charge in [-0.1, -0.05) is 369 Å². The fourth-order valence-corrected chi connectivity index (χ4v) is 15.8. The summed E-state index contributed by atoms with van der Waals surface area (Å²) in [6, 6.07) is 14.2. The van der Waals surface area contributed by atoms with Gasteiger partial charge in [0, 0.05) is 74.5 Å². The fraction of sp³-hybridized carbons (Fsp3) is 0.716. The van der Waals surface area contributed by atoms with Crippen molar-refractivity contribution in [2.75, 3.05) is 0 Å². The molecular weight excluding hydrogens is 1340 g/mol. The average Bonchev–Trinajstić information content (AvgIpc) is 1.59. The van der Waals surface area contributed by atoms with Crippen molar-refractivity contribution in [1.29, 1.82) is 0 Å². The summed E-state index contributed by atoms with van der Waals surface area (Å²) in [5, 5.41) is 13.9. The molecule has 0 saturated heterocycles. The normalized spacial score (nSPS) is 15.1. The van der Waals surface area contributed by atoms with Gasteiger partial charge in [0.2, 0.25) is 5.71 Å². The summed E-state index contributed by atoms with van der Waals surface area (Å²) in [5.74, 6) is 2.19. The highest BCUT2D eigenvalue weighted by atomic mass is 16.3. The molecule has 0 atom stereocenters. The Hall–Kier alpha value is -5.11. The maximum atomic E-state index is 6.49. The lowest BCUT2D eigenvalue weighted by Gasteiger charge is -2.31. The van der Waals surface area contributed by atoms with E-state index in [0.29, 0.717) is 0 Å². The molecule has 0 aliphatic heterocycles. The number of furan rings is 2. The summed E-state index contributed by atoms with van der Waals surface area (Å²) in [7, 11) is 0. The number of hydrogen-bond donors (Lipinski definition) is 0. The van der Waals surface area contributed by atoms with Crippen LogP contribution in [0.1, 0.15) is 474 Å². The van der Waals surface area contributed by atoms with Crippen LogP contribution >= 0.6 is 0 Å². The summed E-state index contributed by atoms with van der Waals surface area (Å²) < 4.78 is 17.3. The van der Waals surface area contributed by atoms with E-state index in [1.807, 2.05) is 0 Å². The molecule has 0 unspecified atom stereocenters. The van der Waals surface area contributed by atoms with Gasteiger partial charge in [0.1, 0.15) is 17.1 Å². The molecule has 0 N–H and O–H groups in total. The molecule has 110 heavy (non-hydrogen) atoms. The lowest BCUT2D eigenvalue weighted by molar-refractivity contribution is 0.325. The summed E-state index contributed by atoms with van der Waals surface area (Å²) >= 11 is 0. The van der Waals surface area contributed by atoms with E-state index in [-0.39, 0.29) is 95.2 Å². The van der Waals surface area contributed by atoms with Gasteiger partial charge in [0.05, 0.1) is 33.7 Å². The lowest BCUT2D eigenvalue weighted by atomic mass is 9.73. The molecule has 1 aliphatic rings. The summed E-state index contributed by atoms with van der Waals surface area (Å²) in [5.41, 5.74) is 22.4. The van der Waals surface area contributed by atoms with E-state index in [9.17, 15) is 0 Å². The second kappa shape index (κ2) is 32.5. The molecule has 0 spiro atoms. The van der Waals surface area contributed by atoms with Crippen LogP contribution in [0.5, 0.6) is 0 Å². The monoisotopic (exact) mass is 1510 g/mol. The number of fused-ring (bicyclic) bond motifs is 4. The van der Waals surface area contributed by atoms with Gasteiger partial charge < -0.3 is 8.83 Å². The minimum Gasteiger partial charge on any atom is -0.460 e. The minimum atomic E-state index is -0.0485. The third-order valence-electron chi connectivity index (χ3n) is 21.4. The van der Waals surface area contributed by atoms with E-state index in [1.54, 1.807) is 0 Å². The zero-order valence-corrected chi connectivity index (χ0v) is 81.0. The van der Waals surface area contributed by atoms with Crippen LogP contribution in [0.2, 0.25) is 0 Å². The van der Waals surface area contributed by atoms with Crippen LogP contribution in [-0.4, -0.2) is 32.8 Å². The van der Waals surface area contributed by atoms with Crippen molar-refractivity contribution in [3.8, 4) is 0 Å². The summed E-state index contributed by atoms with van der Waals surface area (Å²) in [6.45, 7) is 109. The van der Waals surface area contributed by atoms with Crippen LogP contribution in [0.3, 0.4) is 0 Å². The zero-order valence-electron chi connectivity index (χ0n) is 81.0. The predicted molar refractivity (Wildman–Crippen MR) is 488 cm³/mol. The van der Waals surface area contributed by atoms with Gasteiger partial charge in [0.15, 0.2) is 0 Å². The fourth-order valence-electron chi connectivity index (χ4n) is 15.8. The van der Waals surface area contributed by atoms with E-state index in [2.05, 4.69) is 384 Å². The number of aromatic nitrogens is 5. The highest BCUT2D eigenvalue weighted by Crippen LogP contribution is 2.49. The van der Waals surface area contributed by atoms with E-state index in [4.69, 9.17) is 24.0 Å². The van der Waals surface area contributed by atoms with Gasteiger partial charge >= 0.3 is 0 Å². The van der Waals surface area contributed by atoms with E-state index >= 15 is 0 Å². The van der Waals surface area contributed by atoms with Gasteiger partial charge in [-0.2, -0.15) is 10.2 Å². The molecule has 1 fully saturated rings. The molecule has 0 bridgehead atoms. The molecule has 8 aromatic rings. The van der Waals surface area contributed by atoms with Crippen molar-refractivity contribution in [3.63, 3.8) is 0 Å². The molecule has 1 saturated carbocycles. The van der Waals surface area contributed by atoms with Gasteiger partial charge in [-0.3, -0.25) is 4.68 Å². The lowest BCUT2D eigenvalue weighted by Crippen LogP contribution is -2.30. The molecule has 2 aromatic carbocycles. The van der Waals surface area contributed by atoms with E-state index < -0.39 is 0 Å². The Kier molecular flexibility index (Phi) is 28.8. The Morgan fingerprint density at radius 1 is 0.273 bits per heavy atom. The van der Waals surface area contributed by atoms with Crippen LogP contribution in [0.4, 0.5) is 0 Å². The number of pyridine rings is 2. The SMILES string of the molecule is C1CCCCCCCC1.CC(C)(C)c1cc2c(C(C)(C)C)c(C(C)(C)C)nn2cc1C(C)(C)C.CC(C)(C)c1cc2c(C(C)(C)C)c(C(C)(C)C)oc2nc1C(C)(C)C.CC(C)(C)c1cc2nn(C(C)(C)C)c(C(C)(C)C)c2cc1C(C)(C)C.CC(C)(C)c1cc2oc(C(C)(C)C)c(C(C)(C)C)c2cc1C(C)(C)C.[B]. The van der Waals surface area contributed by atoms with Gasteiger partial charge in [-0.25, -0.2) is 9.50 Å². The van der Waals surface area contributed by atoms with Crippen molar-refractivity contribution in [2.45, 2.75) is 477 Å². The molecule has 7 nitrogen and oxygen atoms in total. The largest absolute Gasteiger partial charge is 0.460 e. The maximum absolute atomic E-state index is 6.49. The second-order valence-corrected chi connectivity index (χ2v) is 49.7. The van der Waals surface area contributed by atoms with Gasteiger partial charge in [-0.05, 0) is 150 Å². The Balaban J connectivity index is 0.000000297. The van der Waals surface area contributed by atoms with Gasteiger partial charge in [-0.15, -0.1) is 0 Å². The first kappa shape index (κ1) is 97.3. The van der Waals surface area contributed by atoms with Gasteiger partial charge in [0.25, 0.3) is 0 Å². The predicted octanol–water partition coefficient (Wildman–Crippen LogP) is 31.0. The highest BCUT2D eigenvalue weighted by molar-refractivity contribution is 5.87. The van der Waals surface area contributed by atoms with Crippen LogP contribution in [0.15, 0.2) is 51.4 Å². The molecule has 6 heterocycles. The molecule has 617 valence electrons. The molecule has 8 heteroatoms. The summed E-state index contributed by atoms with van der Waals surface area (Å²) in [6.07, 6.45) is 15.8. The molecule has 1 aliphatic carbocycles. The number of hydrogen-bond acceptors (Lipinski definition) is 5. The van der Waals surface area contributed by atoms with Crippen LogP contribution in [-0.2, 0) is 86.8 Å². The van der Waals surface area contributed by atoms with Crippen LogP contribution in [0, 0.1) is 0 Å². The number of rotatable bonds is 0. The molecule has 3 radical (unpaired) electrons. The zero-order chi connectivity index (χ0) is 84.7. The van der Waals surface area contributed by atoms with Crippen molar-refractivity contribution in [1.82, 2.24) is 24.4 Å². The third-order valence-corrected chi connectivity index (χ3v) is 21.4. The first-order chi connectivity index (χ1) is 48.3. The number of nitrogens with zero attached hydrogens (tertiary/aromatic N) is 5. The molecule has 6 aromatic heterocycles. The Morgan fingerprint density at radius 3 is 0.918 bits per heavy atom. The Morgan fingerprint density at radius 2 is 0.591 bits per heavy atom. The smallest absolute Gasteiger partial charge is 0.226 e. The quantitative estimate of drug-likeness (QED) is 0.141. The van der Waals surface area contributed by atoms with Crippen molar-refractivity contribution in [3.05, 3.63) is 127 Å². The van der Waals surface area contributed by atoms with E-state index in [1.165, 1.54) is 146 Å². The van der Waals surface area contributed by atoms with Crippen molar-refractivity contribution < 1.29 is 8.83 Å². The second-order valence-electron chi connectivity index (χ2n) is 49.7. The standard InChI is InChI=1S/C24H38O.2C23H38N2.C23H37NO.C9H18.B/c1-21(2,3)16-13-15-18(14-17(16)22(4,5)6)25-20(24(10,11)12)19(15)23(7,8)9;1-20(2,3)15-13-17-18(22(7,8)9)19(23(10,11)12)24-25(17)14-16(15)21(4,5)6;1-20(2,3)16-13-15-18(14-17(16)21(4,5)6)24-25(23(10,11)12)19(15)22(7,8)9;1-20(2,3)15-13-14-16(21(4,5)6)18(23(10,11)12)25-19(14)24-17(15)22(7,8)9;1-2-4-6-8-9-7-5-3-1;/h3*13-14H,1-12H3;13H,1-12H3;1-9H2;.